The van der Waals surface area contributed by atoms with Crippen LogP contribution in [0.1, 0.15) is 17.2 Å². The van der Waals surface area contributed by atoms with Gasteiger partial charge in [0.15, 0.2) is 0 Å². The van der Waals surface area contributed by atoms with E-state index in [1.54, 1.807) is 18.3 Å². The lowest BCUT2D eigenvalue weighted by molar-refractivity contribution is -0.118. The van der Waals surface area contributed by atoms with Gasteiger partial charge in [-0.05, 0) is 24.3 Å². The van der Waals surface area contributed by atoms with Crippen LogP contribution in [-0.4, -0.2) is 41.2 Å². The molecule has 1 N–H and O–H groups in total. The number of aromatic nitrogens is 1. The Kier molecular flexibility index (Phi) is 7.17. The van der Waals surface area contributed by atoms with Crippen LogP contribution >= 0.6 is 11.8 Å². The van der Waals surface area contributed by atoms with Crippen LogP contribution < -0.4 is 10.1 Å². The van der Waals surface area contributed by atoms with Crippen LogP contribution in [0.4, 0.5) is 4.39 Å². The Hall–Kier alpha value is -2.90. The highest BCUT2D eigenvalue weighted by molar-refractivity contribution is 7.99. The van der Waals surface area contributed by atoms with Gasteiger partial charge in [-0.3, -0.25) is 9.69 Å². The average Bonchev–Trinajstić information content (AvgIpc) is 2.98. The molecule has 1 aromatic heterocycles. The topological polar surface area (TPSA) is 54.5 Å². The highest BCUT2D eigenvalue weighted by atomic mass is 32.2. The molecule has 0 fully saturated rings. The zero-order chi connectivity index (χ0) is 21.5. The number of carbonyl (C=O) groups is 1. The second kappa shape index (κ2) is 10.4. The van der Waals surface area contributed by atoms with Crippen LogP contribution in [0, 0.1) is 5.82 Å². The van der Waals surface area contributed by atoms with Crippen LogP contribution in [-0.2, 0) is 11.3 Å². The molecule has 160 valence electrons. The van der Waals surface area contributed by atoms with E-state index in [0.717, 1.165) is 16.3 Å². The molecule has 0 saturated carbocycles. The number of thioether (sulfide) groups is 1. The van der Waals surface area contributed by atoms with Crippen molar-refractivity contribution in [1.29, 1.82) is 0 Å². The predicted octanol–water partition coefficient (Wildman–Crippen LogP) is 4.06. The summed E-state index contributed by atoms with van der Waals surface area (Å²) < 4.78 is 20.6. The van der Waals surface area contributed by atoms with E-state index in [2.05, 4.69) is 15.2 Å². The first-order valence-corrected chi connectivity index (χ1v) is 11.2. The smallest absolute Gasteiger partial charge is 0.230 e. The van der Waals surface area contributed by atoms with Crippen LogP contribution in [0.25, 0.3) is 0 Å². The highest BCUT2D eigenvalue weighted by Crippen LogP contribution is 2.31. The fraction of sp³-hybridized carbons (Fsp3) is 0.250. The number of rotatable bonds is 7. The Morgan fingerprint density at radius 1 is 1.13 bits per heavy atom. The highest BCUT2D eigenvalue weighted by Gasteiger charge is 2.26. The van der Waals surface area contributed by atoms with E-state index in [1.807, 2.05) is 48.5 Å². The van der Waals surface area contributed by atoms with E-state index in [4.69, 9.17) is 4.74 Å². The SMILES string of the molecule is O=C(CSc1ccccn1)NCCN1Cc2ccccc2OC(c2ccccc2F)C1. The summed E-state index contributed by atoms with van der Waals surface area (Å²) in [5, 5.41) is 3.79. The summed E-state index contributed by atoms with van der Waals surface area (Å²) in [4.78, 5) is 18.6. The number of fused-ring (bicyclic) bond motifs is 1. The van der Waals surface area contributed by atoms with Crippen molar-refractivity contribution in [2.45, 2.75) is 17.7 Å². The van der Waals surface area contributed by atoms with Crippen LogP contribution in [0.5, 0.6) is 5.75 Å². The molecular formula is C24H24FN3O2S. The fourth-order valence-electron chi connectivity index (χ4n) is 3.52. The predicted molar refractivity (Wildman–Crippen MR) is 119 cm³/mol. The van der Waals surface area contributed by atoms with Crippen molar-refractivity contribution in [3.8, 4) is 5.75 Å². The molecule has 1 unspecified atom stereocenters. The van der Waals surface area contributed by atoms with Crippen molar-refractivity contribution in [1.82, 2.24) is 15.2 Å². The maximum atomic E-state index is 14.4. The molecule has 0 spiro atoms. The standard InChI is InChI=1S/C24H24FN3O2S/c25-20-9-3-2-8-19(20)22-16-28(15-18-7-1-4-10-21(18)30-22)14-13-26-23(29)17-31-24-11-5-6-12-27-24/h1-12,22H,13-17H2,(H,26,29). The molecule has 1 aliphatic rings. The summed E-state index contributed by atoms with van der Waals surface area (Å²) >= 11 is 1.41. The third kappa shape index (κ3) is 5.83. The molecule has 0 saturated heterocycles. The second-order valence-electron chi connectivity index (χ2n) is 7.28. The summed E-state index contributed by atoms with van der Waals surface area (Å²) in [7, 11) is 0. The molecule has 5 nitrogen and oxygen atoms in total. The summed E-state index contributed by atoms with van der Waals surface area (Å²) in [6, 6.07) is 20.2. The first-order valence-electron chi connectivity index (χ1n) is 10.2. The van der Waals surface area contributed by atoms with Crippen molar-refractivity contribution in [2.75, 3.05) is 25.4 Å². The van der Waals surface area contributed by atoms with Gasteiger partial charge in [0.2, 0.25) is 5.91 Å². The molecule has 4 rings (SSSR count). The molecule has 0 bridgehead atoms. The van der Waals surface area contributed by atoms with E-state index < -0.39 is 6.10 Å². The number of hydrogen-bond donors (Lipinski definition) is 1. The van der Waals surface area contributed by atoms with E-state index >= 15 is 0 Å². The minimum Gasteiger partial charge on any atom is -0.484 e. The number of nitrogens with zero attached hydrogens (tertiary/aromatic N) is 2. The van der Waals surface area contributed by atoms with Gasteiger partial charge in [-0.25, -0.2) is 9.37 Å². The lowest BCUT2D eigenvalue weighted by Crippen LogP contribution is -2.37. The molecular weight excluding hydrogens is 413 g/mol. The number of hydrogen-bond acceptors (Lipinski definition) is 5. The first kappa shape index (κ1) is 21.3. The Bertz CT molecular complexity index is 1020. The number of carbonyl (C=O) groups excluding carboxylic acids is 1. The largest absolute Gasteiger partial charge is 0.484 e. The lowest BCUT2D eigenvalue weighted by Gasteiger charge is -2.24. The van der Waals surface area contributed by atoms with Gasteiger partial charge < -0.3 is 10.1 Å². The van der Waals surface area contributed by atoms with Crippen LogP contribution in [0.3, 0.4) is 0 Å². The zero-order valence-electron chi connectivity index (χ0n) is 17.0. The molecule has 2 heterocycles. The van der Waals surface area contributed by atoms with Gasteiger partial charge in [-0.1, -0.05) is 54.2 Å². The average molecular weight is 438 g/mol. The van der Waals surface area contributed by atoms with Crippen molar-refractivity contribution < 1.29 is 13.9 Å². The summed E-state index contributed by atoms with van der Waals surface area (Å²) in [6.07, 6.45) is 1.30. The van der Waals surface area contributed by atoms with E-state index in [-0.39, 0.29) is 11.7 Å². The molecule has 2 aromatic carbocycles. The zero-order valence-corrected chi connectivity index (χ0v) is 17.9. The summed E-state index contributed by atoms with van der Waals surface area (Å²) in [5.74, 6) is 0.786. The van der Waals surface area contributed by atoms with E-state index in [1.165, 1.54) is 17.8 Å². The number of para-hydroxylation sites is 1. The van der Waals surface area contributed by atoms with E-state index in [0.29, 0.717) is 37.5 Å². The Balaban J connectivity index is 1.36. The molecule has 3 aromatic rings. The maximum Gasteiger partial charge on any atom is 0.230 e. The van der Waals surface area contributed by atoms with Gasteiger partial charge in [0.1, 0.15) is 17.7 Å². The van der Waals surface area contributed by atoms with Crippen molar-refractivity contribution >= 4 is 17.7 Å². The monoisotopic (exact) mass is 437 g/mol. The number of halogens is 1. The van der Waals surface area contributed by atoms with Crippen LogP contribution in [0.15, 0.2) is 78.0 Å². The molecule has 7 heteroatoms. The lowest BCUT2D eigenvalue weighted by atomic mass is 10.1. The fourth-order valence-corrected chi connectivity index (χ4v) is 4.22. The van der Waals surface area contributed by atoms with Gasteiger partial charge >= 0.3 is 0 Å². The number of pyridine rings is 1. The van der Waals surface area contributed by atoms with Gasteiger partial charge in [-0.15, -0.1) is 0 Å². The Labute approximate surface area is 185 Å². The summed E-state index contributed by atoms with van der Waals surface area (Å²) in [6.45, 7) is 2.37. The van der Waals surface area contributed by atoms with Gasteiger partial charge in [-0.2, -0.15) is 0 Å². The normalized spacial score (nSPS) is 16.1. The molecule has 1 aliphatic heterocycles. The van der Waals surface area contributed by atoms with Crippen molar-refractivity contribution in [3.05, 3.63) is 89.9 Å². The number of benzene rings is 2. The molecule has 0 aliphatic carbocycles. The molecule has 1 atom stereocenters. The molecule has 1 amide bonds. The van der Waals surface area contributed by atoms with Gasteiger partial charge in [0.25, 0.3) is 0 Å². The van der Waals surface area contributed by atoms with Gasteiger partial charge in [0.05, 0.1) is 10.8 Å². The van der Waals surface area contributed by atoms with E-state index in [9.17, 15) is 9.18 Å². The van der Waals surface area contributed by atoms with Crippen LogP contribution in [0.2, 0.25) is 0 Å². The quantitative estimate of drug-likeness (QED) is 0.565. The molecule has 31 heavy (non-hydrogen) atoms. The van der Waals surface area contributed by atoms with Crippen molar-refractivity contribution in [3.63, 3.8) is 0 Å². The maximum absolute atomic E-state index is 14.4. The minimum absolute atomic E-state index is 0.0345. The molecule has 0 radical (unpaired) electrons. The second-order valence-corrected chi connectivity index (χ2v) is 8.27. The summed E-state index contributed by atoms with van der Waals surface area (Å²) in [5.41, 5.74) is 1.60. The Morgan fingerprint density at radius 2 is 1.94 bits per heavy atom. The first-order chi connectivity index (χ1) is 15.2. The number of nitrogens with one attached hydrogen (secondary N) is 1. The number of amides is 1. The van der Waals surface area contributed by atoms with Gasteiger partial charge in [0, 0.05) is 43.5 Å². The van der Waals surface area contributed by atoms with Crippen molar-refractivity contribution in [2.24, 2.45) is 0 Å². The minimum atomic E-state index is -0.416. The number of ether oxygens (including phenoxy) is 1. The third-order valence-electron chi connectivity index (χ3n) is 5.05. The Morgan fingerprint density at radius 3 is 2.77 bits per heavy atom. The third-order valence-corrected chi connectivity index (χ3v) is 5.99.